The first-order valence-corrected chi connectivity index (χ1v) is 15.2. The number of nitrogens with zero attached hydrogens (tertiary/aromatic N) is 3. The van der Waals surface area contributed by atoms with Crippen LogP contribution in [0.25, 0.3) is 0 Å². The van der Waals surface area contributed by atoms with Gasteiger partial charge in [-0.25, -0.2) is 14.1 Å². The molecule has 1 aliphatic carbocycles. The number of amides is 5. The Balaban J connectivity index is 1.45. The second-order valence-electron chi connectivity index (χ2n) is 12.2. The quantitative estimate of drug-likeness (QED) is 0.257. The zero-order valence-electron chi connectivity index (χ0n) is 23.7. The van der Waals surface area contributed by atoms with Gasteiger partial charge in [-0.1, -0.05) is 67.3 Å². The van der Waals surface area contributed by atoms with E-state index in [1.54, 1.807) is 54.6 Å². The second kappa shape index (κ2) is 10.3. The maximum absolute atomic E-state index is 14.9. The zero-order chi connectivity index (χ0) is 30.0. The van der Waals surface area contributed by atoms with E-state index in [1.807, 2.05) is 13.0 Å². The largest absolute Gasteiger partial charge is 0.332 e. The van der Waals surface area contributed by atoms with Crippen LogP contribution in [0, 0.1) is 24.6 Å². The van der Waals surface area contributed by atoms with Crippen LogP contribution in [0.15, 0.2) is 72.8 Å². The zero-order valence-corrected chi connectivity index (χ0v) is 24.5. The standard InChI is InChI=1S/C34H31ClFN3O4/c1-20-6-5-9-26(18-20)38-32(42)34(19-21-10-14-23(35)15-11-21)28-27(30(40)37(31(28)41)25-7-3-2-4-8-25)29(39(34)33(38)43)22-12-16-24(36)17-13-22/h5-6,9-18,25,27-29H,2-4,7-8,19H2,1H3/t27-,28-,29-,34-/m1/s1. The summed E-state index contributed by atoms with van der Waals surface area (Å²) in [5.74, 6) is -3.84. The van der Waals surface area contributed by atoms with Gasteiger partial charge in [-0.05, 0) is 72.9 Å². The molecule has 4 atom stereocenters. The van der Waals surface area contributed by atoms with Crippen LogP contribution in [0.1, 0.15) is 54.8 Å². The Morgan fingerprint density at radius 2 is 1.58 bits per heavy atom. The van der Waals surface area contributed by atoms with Crippen LogP contribution in [0.3, 0.4) is 0 Å². The van der Waals surface area contributed by atoms with Crippen LogP contribution in [-0.2, 0) is 20.8 Å². The fraction of sp³-hybridized carbons (Fsp3) is 0.353. The number of hydrogen-bond acceptors (Lipinski definition) is 4. The number of fused-ring (bicyclic) bond motifs is 3. The van der Waals surface area contributed by atoms with Crippen molar-refractivity contribution < 1.29 is 23.6 Å². The molecule has 3 heterocycles. The highest BCUT2D eigenvalue weighted by Crippen LogP contribution is 2.60. The minimum atomic E-state index is -1.67. The molecule has 0 spiro atoms. The van der Waals surface area contributed by atoms with Crippen molar-refractivity contribution in [1.29, 1.82) is 0 Å². The molecular weight excluding hydrogens is 569 g/mol. The molecule has 3 aromatic rings. The lowest BCUT2D eigenvalue weighted by atomic mass is 9.75. The molecule has 3 aromatic carbocycles. The van der Waals surface area contributed by atoms with Crippen molar-refractivity contribution in [3.8, 4) is 0 Å². The highest BCUT2D eigenvalue weighted by molar-refractivity contribution is 6.30. The van der Waals surface area contributed by atoms with Gasteiger partial charge in [0.05, 0.1) is 23.6 Å². The number of likely N-dealkylation sites (tertiary alicyclic amines) is 1. The number of urea groups is 1. The topological polar surface area (TPSA) is 78.0 Å². The minimum absolute atomic E-state index is 0.0213. The number of aryl methyl sites for hydroxylation is 1. The summed E-state index contributed by atoms with van der Waals surface area (Å²) in [4.78, 5) is 62.4. The van der Waals surface area contributed by atoms with Gasteiger partial charge in [0, 0.05) is 17.5 Å². The summed E-state index contributed by atoms with van der Waals surface area (Å²) in [6.07, 6.45) is 4.33. The lowest BCUT2D eigenvalue weighted by Gasteiger charge is -2.37. The number of anilines is 1. The Bertz CT molecular complexity index is 1640. The molecule has 9 heteroatoms. The summed E-state index contributed by atoms with van der Waals surface area (Å²) in [6, 6.07) is 18.0. The Morgan fingerprint density at radius 3 is 2.26 bits per heavy atom. The van der Waals surface area contributed by atoms with Crippen molar-refractivity contribution in [3.63, 3.8) is 0 Å². The number of hydrogen-bond donors (Lipinski definition) is 0. The molecule has 0 bridgehead atoms. The van der Waals surface area contributed by atoms with Gasteiger partial charge in [0.15, 0.2) is 0 Å². The first-order valence-electron chi connectivity index (χ1n) is 14.8. The molecule has 5 amide bonds. The maximum atomic E-state index is 14.9. The third kappa shape index (κ3) is 4.13. The Labute approximate surface area is 254 Å². The minimum Gasteiger partial charge on any atom is -0.300 e. The summed E-state index contributed by atoms with van der Waals surface area (Å²) < 4.78 is 14.1. The third-order valence-corrected chi connectivity index (χ3v) is 9.97. The SMILES string of the molecule is Cc1cccc(N2C(=O)N3[C@H](c4ccc(F)cc4)[C@@H]4C(=O)N(C5CCCCC5)C(=O)[C@@H]4[C@]3(Cc3ccc(Cl)cc3)C2=O)c1. The molecular formula is C34H31ClFN3O4. The number of benzene rings is 3. The number of rotatable bonds is 5. The molecule has 4 aliphatic rings. The van der Waals surface area contributed by atoms with E-state index in [-0.39, 0.29) is 18.4 Å². The average molecular weight is 600 g/mol. The van der Waals surface area contributed by atoms with Crippen molar-refractivity contribution in [3.05, 3.63) is 100 Å². The fourth-order valence-electron chi connectivity index (χ4n) is 7.90. The Morgan fingerprint density at radius 1 is 0.884 bits per heavy atom. The van der Waals surface area contributed by atoms with Crippen LogP contribution in [0.5, 0.6) is 0 Å². The van der Waals surface area contributed by atoms with Gasteiger partial charge in [0.1, 0.15) is 11.4 Å². The first-order chi connectivity index (χ1) is 20.7. The Hall–Kier alpha value is -4.04. The maximum Gasteiger partial charge on any atom is 0.332 e. The molecule has 3 saturated heterocycles. The van der Waals surface area contributed by atoms with E-state index in [0.29, 0.717) is 34.7 Å². The van der Waals surface area contributed by atoms with Crippen molar-refractivity contribution in [2.75, 3.05) is 4.90 Å². The van der Waals surface area contributed by atoms with E-state index in [0.717, 1.165) is 29.7 Å². The Kier molecular flexibility index (Phi) is 6.65. The van der Waals surface area contributed by atoms with Crippen molar-refractivity contribution in [2.24, 2.45) is 11.8 Å². The van der Waals surface area contributed by atoms with Crippen LogP contribution < -0.4 is 4.90 Å². The molecule has 7 nitrogen and oxygen atoms in total. The molecule has 220 valence electrons. The number of imide groups is 2. The summed E-state index contributed by atoms with van der Waals surface area (Å²) in [6.45, 7) is 1.87. The predicted octanol–water partition coefficient (Wildman–Crippen LogP) is 6.23. The molecule has 4 fully saturated rings. The summed E-state index contributed by atoms with van der Waals surface area (Å²) in [5.41, 5.74) is 0.801. The van der Waals surface area contributed by atoms with Gasteiger partial charge >= 0.3 is 6.03 Å². The van der Waals surface area contributed by atoms with E-state index in [1.165, 1.54) is 21.9 Å². The lowest BCUT2D eigenvalue weighted by Crippen LogP contribution is -2.56. The van der Waals surface area contributed by atoms with E-state index < -0.39 is 47.1 Å². The molecule has 0 radical (unpaired) electrons. The van der Waals surface area contributed by atoms with Gasteiger partial charge in [0.2, 0.25) is 11.8 Å². The second-order valence-corrected chi connectivity index (χ2v) is 12.6. The summed E-state index contributed by atoms with van der Waals surface area (Å²) in [7, 11) is 0. The van der Waals surface area contributed by atoms with E-state index in [2.05, 4.69) is 0 Å². The van der Waals surface area contributed by atoms with Crippen LogP contribution in [0.4, 0.5) is 14.9 Å². The molecule has 0 aromatic heterocycles. The highest BCUT2D eigenvalue weighted by Gasteiger charge is 2.77. The third-order valence-electron chi connectivity index (χ3n) is 9.72. The van der Waals surface area contributed by atoms with Gasteiger partial charge in [0.25, 0.3) is 5.91 Å². The van der Waals surface area contributed by atoms with Crippen LogP contribution in [-0.4, -0.2) is 45.1 Å². The van der Waals surface area contributed by atoms with Crippen molar-refractivity contribution >= 4 is 41.0 Å². The monoisotopic (exact) mass is 599 g/mol. The number of carbonyl (C=O) groups excluding carboxylic acids is 4. The van der Waals surface area contributed by atoms with Gasteiger partial charge in [-0.15, -0.1) is 0 Å². The molecule has 1 saturated carbocycles. The van der Waals surface area contributed by atoms with Crippen molar-refractivity contribution in [2.45, 2.75) is 63.1 Å². The average Bonchev–Trinajstić information content (AvgIpc) is 3.52. The van der Waals surface area contributed by atoms with E-state index in [4.69, 9.17) is 11.6 Å². The molecule has 7 rings (SSSR count). The van der Waals surface area contributed by atoms with E-state index in [9.17, 15) is 23.6 Å². The van der Waals surface area contributed by atoms with Crippen LogP contribution in [0.2, 0.25) is 5.02 Å². The number of halogens is 2. The van der Waals surface area contributed by atoms with Crippen molar-refractivity contribution in [1.82, 2.24) is 9.80 Å². The number of carbonyl (C=O) groups is 4. The predicted molar refractivity (Wildman–Crippen MR) is 159 cm³/mol. The highest BCUT2D eigenvalue weighted by atomic mass is 35.5. The fourth-order valence-corrected chi connectivity index (χ4v) is 8.03. The summed E-state index contributed by atoms with van der Waals surface area (Å²) >= 11 is 6.18. The molecule has 3 aliphatic heterocycles. The molecule has 0 N–H and O–H groups in total. The van der Waals surface area contributed by atoms with Gasteiger partial charge in [-0.3, -0.25) is 19.3 Å². The summed E-state index contributed by atoms with van der Waals surface area (Å²) in [5, 5.41) is 0.511. The van der Waals surface area contributed by atoms with Crippen LogP contribution >= 0.6 is 11.6 Å². The van der Waals surface area contributed by atoms with Gasteiger partial charge in [-0.2, -0.15) is 0 Å². The molecule has 43 heavy (non-hydrogen) atoms. The van der Waals surface area contributed by atoms with Gasteiger partial charge < -0.3 is 4.90 Å². The normalized spacial score (nSPS) is 27.3. The van der Waals surface area contributed by atoms with E-state index >= 15 is 0 Å². The molecule has 0 unspecified atom stereocenters. The first kappa shape index (κ1) is 27.8. The lowest BCUT2D eigenvalue weighted by molar-refractivity contribution is -0.147. The smallest absolute Gasteiger partial charge is 0.300 e.